The molecule has 0 bridgehead atoms. The van der Waals surface area contributed by atoms with Crippen molar-refractivity contribution in [2.24, 2.45) is 0 Å². The first-order valence-corrected chi connectivity index (χ1v) is 8.19. The SMILES string of the molecule is CC(C)c1nnc(NC(=O)c2ccc(-n3ccnc3)c([N+](=O)[O-])c2)s1. The second-order valence-corrected chi connectivity index (χ2v) is 6.49. The molecule has 25 heavy (non-hydrogen) atoms. The summed E-state index contributed by atoms with van der Waals surface area (Å²) in [4.78, 5) is 27.0. The van der Waals surface area contributed by atoms with Gasteiger partial charge in [-0.3, -0.25) is 20.2 Å². The molecule has 0 saturated heterocycles. The lowest BCUT2D eigenvalue weighted by atomic mass is 10.1. The molecule has 0 atom stereocenters. The van der Waals surface area contributed by atoms with Gasteiger partial charge >= 0.3 is 0 Å². The van der Waals surface area contributed by atoms with Crippen LogP contribution in [0.5, 0.6) is 0 Å². The molecule has 2 aromatic heterocycles. The lowest BCUT2D eigenvalue weighted by molar-refractivity contribution is -0.384. The van der Waals surface area contributed by atoms with Crippen molar-refractivity contribution < 1.29 is 9.72 Å². The van der Waals surface area contributed by atoms with Crippen LogP contribution in [0.3, 0.4) is 0 Å². The van der Waals surface area contributed by atoms with E-state index in [1.54, 1.807) is 6.20 Å². The topological polar surface area (TPSA) is 116 Å². The van der Waals surface area contributed by atoms with E-state index >= 15 is 0 Å². The Hall–Kier alpha value is -3.14. The van der Waals surface area contributed by atoms with Gasteiger partial charge in [0.1, 0.15) is 10.7 Å². The van der Waals surface area contributed by atoms with Crippen LogP contribution in [0.15, 0.2) is 36.9 Å². The Morgan fingerprint density at radius 3 is 2.76 bits per heavy atom. The van der Waals surface area contributed by atoms with Crippen LogP contribution in [0, 0.1) is 10.1 Å². The van der Waals surface area contributed by atoms with E-state index in [0.29, 0.717) is 10.8 Å². The van der Waals surface area contributed by atoms with Gasteiger partial charge in [0.15, 0.2) is 0 Å². The van der Waals surface area contributed by atoms with E-state index in [1.807, 2.05) is 13.8 Å². The Kier molecular flexibility index (Phi) is 4.52. The first kappa shape index (κ1) is 16.7. The number of aromatic nitrogens is 4. The maximum atomic E-state index is 12.4. The van der Waals surface area contributed by atoms with Crippen molar-refractivity contribution in [2.45, 2.75) is 19.8 Å². The predicted molar refractivity (Wildman–Crippen MR) is 92.2 cm³/mol. The van der Waals surface area contributed by atoms with Crippen LogP contribution >= 0.6 is 11.3 Å². The molecule has 0 radical (unpaired) electrons. The van der Waals surface area contributed by atoms with Gasteiger partial charge < -0.3 is 4.57 Å². The molecular formula is C15H14N6O3S. The fourth-order valence-corrected chi connectivity index (χ4v) is 2.86. The first-order valence-electron chi connectivity index (χ1n) is 7.37. The van der Waals surface area contributed by atoms with Gasteiger partial charge in [0.2, 0.25) is 5.13 Å². The first-order chi connectivity index (χ1) is 12.0. The number of nitro benzene ring substituents is 1. The van der Waals surface area contributed by atoms with E-state index in [-0.39, 0.29) is 17.2 Å². The fourth-order valence-electron chi connectivity index (χ4n) is 2.12. The number of carbonyl (C=O) groups excluding carboxylic acids is 1. The van der Waals surface area contributed by atoms with Crippen molar-refractivity contribution >= 4 is 28.1 Å². The van der Waals surface area contributed by atoms with Crippen LogP contribution in [0.25, 0.3) is 5.69 Å². The number of imidazole rings is 1. The highest BCUT2D eigenvalue weighted by Gasteiger charge is 2.19. The van der Waals surface area contributed by atoms with Gasteiger partial charge in [-0.1, -0.05) is 25.2 Å². The zero-order valence-corrected chi connectivity index (χ0v) is 14.2. The van der Waals surface area contributed by atoms with Crippen LogP contribution in [-0.2, 0) is 0 Å². The van der Waals surface area contributed by atoms with Crippen LogP contribution in [-0.4, -0.2) is 30.6 Å². The molecule has 3 rings (SSSR count). The third-order valence-electron chi connectivity index (χ3n) is 3.37. The van der Waals surface area contributed by atoms with Crippen molar-refractivity contribution in [3.8, 4) is 5.69 Å². The van der Waals surface area contributed by atoms with E-state index in [1.165, 1.54) is 46.6 Å². The Bertz CT molecular complexity index is 919. The number of anilines is 1. The minimum atomic E-state index is -0.534. The zero-order valence-electron chi connectivity index (χ0n) is 13.4. The normalized spacial score (nSPS) is 10.8. The third-order valence-corrected chi connectivity index (χ3v) is 4.51. The minimum absolute atomic E-state index is 0.164. The molecular weight excluding hydrogens is 344 g/mol. The molecule has 1 aromatic carbocycles. The summed E-state index contributed by atoms with van der Waals surface area (Å²) in [5, 5.41) is 23.0. The third kappa shape index (κ3) is 3.53. The summed E-state index contributed by atoms with van der Waals surface area (Å²) in [6.07, 6.45) is 4.57. The Labute approximate surface area is 146 Å². The van der Waals surface area contributed by atoms with Crippen molar-refractivity contribution in [3.63, 3.8) is 0 Å². The second kappa shape index (κ2) is 6.77. The molecule has 10 heteroatoms. The Balaban J connectivity index is 1.87. The molecule has 128 valence electrons. The van der Waals surface area contributed by atoms with Gasteiger partial charge in [0.05, 0.1) is 11.3 Å². The maximum Gasteiger partial charge on any atom is 0.294 e. The van der Waals surface area contributed by atoms with E-state index in [4.69, 9.17) is 0 Å². The number of hydrogen-bond acceptors (Lipinski definition) is 7. The number of nitrogens with zero attached hydrogens (tertiary/aromatic N) is 5. The van der Waals surface area contributed by atoms with Gasteiger partial charge in [-0.25, -0.2) is 4.98 Å². The van der Waals surface area contributed by atoms with Crippen LogP contribution in [0.1, 0.15) is 35.1 Å². The van der Waals surface area contributed by atoms with Gasteiger partial charge in [-0.2, -0.15) is 0 Å². The molecule has 0 fully saturated rings. The van der Waals surface area contributed by atoms with Crippen molar-refractivity contribution in [3.05, 3.63) is 57.6 Å². The van der Waals surface area contributed by atoms with E-state index in [2.05, 4.69) is 20.5 Å². The highest BCUT2D eigenvalue weighted by molar-refractivity contribution is 7.15. The standard InChI is InChI=1S/C15H14N6O3S/c1-9(2)14-18-19-15(25-14)17-13(22)10-3-4-11(12(7-10)21(23)24)20-6-5-16-8-20/h3-9H,1-2H3,(H,17,19,22). The molecule has 0 saturated carbocycles. The molecule has 0 spiro atoms. The average Bonchev–Trinajstić information content (AvgIpc) is 3.26. The number of hydrogen-bond donors (Lipinski definition) is 1. The van der Waals surface area contributed by atoms with Crippen LogP contribution < -0.4 is 5.32 Å². The summed E-state index contributed by atoms with van der Waals surface area (Å²) in [5.74, 6) is -0.273. The van der Waals surface area contributed by atoms with Crippen molar-refractivity contribution in [2.75, 3.05) is 5.32 Å². The molecule has 1 N–H and O–H groups in total. The number of benzene rings is 1. The molecule has 0 aliphatic carbocycles. The second-order valence-electron chi connectivity index (χ2n) is 5.48. The number of amides is 1. The quantitative estimate of drug-likeness (QED) is 0.553. The summed E-state index contributed by atoms with van der Waals surface area (Å²) < 4.78 is 1.51. The van der Waals surface area contributed by atoms with E-state index < -0.39 is 10.8 Å². The number of nitro groups is 1. The van der Waals surface area contributed by atoms with Crippen LogP contribution in [0.4, 0.5) is 10.8 Å². The van der Waals surface area contributed by atoms with Gasteiger partial charge in [0.25, 0.3) is 11.6 Å². The predicted octanol–water partition coefficient (Wildman–Crippen LogP) is 3.01. The molecule has 9 nitrogen and oxygen atoms in total. The number of carbonyl (C=O) groups is 1. The number of rotatable bonds is 5. The molecule has 0 unspecified atom stereocenters. The lowest BCUT2D eigenvalue weighted by Gasteiger charge is -2.06. The molecule has 0 aliphatic rings. The lowest BCUT2D eigenvalue weighted by Crippen LogP contribution is -2.12. The summed E-state index contributed by atoms with van der Waals surface area (Å²) in [6.45, 7) is 3.95. The van der Waals surface area contributed by atoms with Crippen molar-refractivity contribution in [1.29, 1.82) is 0 Å². The Morgan fingerprint density at radius 1 is 1.36 bits per heavy atom. The Morgan fingerprint density at radius 2 is 2.16 bits per heavy atom. The molecule has 3 aromatic rings. The highest BCUT2D eigenvalue weighted by atomic mass is 32.1. The minimum Gasteiger partial charge on any atom is -0.300 e. The maximum absolute atomic E-state index is 12.4. The summed E-state index contributed by atoms with van der Waals surface area (Å²) in [5.41, 5.74) is 0.305. The summed E-state index contributed by atoms with van der Waals surface area (Å²) in [6, 6.07) is 4.26. The van der Waals surface area contributed by atoms with E-state index in [0.717, 1.165) is 5.01 Å². The van der Waals surface area contributed by atoms with Gasteiger partial charge in [0, 0.05) is 29.9 Å². The zero-order chi connectivity index (χ0) is 18.0. The van der Waals surface area contributed by atoms with Gasteiger partial charge in [-0.15, -0.1) is 10.2 Å². The average molecular weight is 358 g/mol. The van der Waals surface area contributed by atoms with Gasteiger partial charge in [-0.05, 0) is 12.1 Å². The number of nitrogens with one attached hydrogen (secondary N) is 1. The molecule has 1 amide bonds. The summed E-state index contributed by atoms with van der Waals surface area (Å²) >= 11 is 1.28. The molecule has 0 aliphatic heterocycles. The van der Waals surface area contributed by atoms with Crippen LogP contribution in [0.2, 0.25) is 0 Å². The van der Waals surface area contributed by atoms with Crippen molar-refractivity contribution in [1.82, 2.24) is 19.7 Å². The largest absolute Gasteiger partial charge is 0.300 e. The summed E-state index contributed by atoms with van der Waals surface area (Å²) in [7, 11) is 0. The highest BCUT2D eigenvalue weighted by Crippen LogP contribution is 2.26. The smallest absolute Gasteiger partial charge is 0.294 e. The fraction of sp³-hybridized carbons (Fsp3) is 0.200. The molecule has 2 heterocycles. The van der Waals surface area contributed by atoms with E-state index in [9.17, 15) is 14.9 Å². The monoisotopic (exact) mass is 358 g/mol.